The Bertz CT molecular complexity index is 332. The normalized spacial score (nSPS) is 12.2. The van der Waals surface area contributed by atoms with Gasteiger partial charge in [0, 0.05) is 18.0 Å². The second-order valence-electron chi connectivity index (χ2n) is 2.89. The molecular formula is C9H10BrClN2O. The lowest BCUT2D eigenvalue weighted by Crippen LogP contribution is -2.21. The van der Waals surface area contributed by atoms with Crippen LogP contribution in [0.2, 0.25) is 0 Å². The molecule has 1 unspecified atom stereocenters. The molecule has 0 aliphatic rings. The Kier molecular flexibility index (Phi) is 4.35. The predicted octanol–water partition coefficient (Wildman–Crippen LogP) is 2.66. The van der Waals surface area contributed by atoms with Gasteiger partial charge in [-0.2, -0.15) is 0 Å². The first-order chi connectivity index (χ1) is 6.65. The first-order valence-electron chi connectivity index (χ1n) is 4.12. The van der Waals surface area contributed by atoms with Gasteiger partial charge < -0.3 is 5.32 Å². The van der Waals surface area contributed by atoms with E-state index < -0.39 is 0 Å². The highest BCUT2D eigenvalue weighted by Gasteiger charge is 2.12. The third-order valence-electron chi connectivity index (χ3n) is 1.70. The van der Waals surface area contributed by atoms with Gasteiger partial charge in [0.15, 0.2) is 0 Å². The van der Waals surface area contributed by atoms with Gasteiger partial charge >= 0.3 is 0 Å². The minimum atomic E-state index is -0.205. The molecule has 1 amide bonds. The summed E-state index contributed by atoms with van der Waals surface area (Å²) in [7, 11) is 0. The molecule has 3 nitrogen and oxygen atoms in total. The van der Waals surface area contributed by atoms with Crippen molar-refractivity contribution in [1.29, 1.82) is 0 Å². The van der Waals surface area contributed by atoms with E-state index in [9.17, 15) is 4.79 Å². The molecule has 0 bridgehead atoms. The number of pyridine rings is 1. The summed E-state index contributed by atoms with van der Waals surface area (Å²) in [6.07, 6.45) is 1.64. The maximum atomic E-state index is 11.5. The lowest BCUT2D eigenvalue weighted by Gasteiger charge is -2.09. The van der Waals surface area contributed by atoms with Crippen LogP contribution in [-0.4, -0.2) is 16.8 Å². The van der Waals surface area contributed by atoms with Gasteiger partial charge in [-0.1, -0.05) is 6.92 Å². The van der Waals surface area contributed by atoms with Crippen LogP contribution in [0.25, 0.3) is 0 Å². The number of carbonyl (C=O) groups is 1. The van der Waals surface area contributed by atoms with Gasteiger partial charge in [0.25, 0.3) is 0 Å². The second kappa shape index (κ2) is 5.32. The van der Waals surface area contributed by atoms with Crippen LogP contribution in [0.4, 0.5) is 5.69 Å². The zero-order valence-electron chi connectivity index (χ0n) is 7.63. The highest BCUT2D eigenvalue weighted by atomic mass is 79.9. The number of carbonyl (C=O) groups excluding carboxylic acids is 1. The molecule has 76 valence electrons. The Labute approximate surface area is 96.0 Å². The lowest BCUT2D eigenvalue weighted by molar-refractivity contribution is -0.118. The SMILES string of the molecule is CC(CCl)C(=O)Nc1cccnc1Br. The third-order valence-corrected chi connectivity index (χ3v) is 2.79. The van der Waals surface area contributed by atoms with E-state index in [0.717, 1.165) is 0 Å². The van der Waals surface area contributed by atoms with E-state index in [1.54, 1.807) is 25.3 Å². The van der Waals surface area contributed by atoms with E-state index in [4.69, 9.17) is 11.6 Å². The van der Waals surface area contributed by atoms with Crippen molar-refractivity contribution >= 4 is 39.1 Å². The van der Waals surface area contributed by atoms with Crippen molar-refractivity contribution in [3.8, 4) is 0 Å². The molecule has 5 heteroatoms. The molecule has 0 aliphatic heterocycles. The van der Waals surface area contributed by atoms with E-state index in [2.05, 4.69) is 26.2 Å². The molecule has 1 N–H and O–H groups in total. The van der Waals surface area contributed by atoms with E-state index in [1.807, 2.05) is 0 Å². The maximum absolute atomic E-state index is 11.5. The molecule has 1 aromatic heterocycles. The standard InChI is InChI=1S/C9H10BrClN2O/c1-6(5-11)9(14)13-7-3-2-4-12-8(7)10/h2-4,6H,5H2,1H3,(H,13,14). The van der Waals surface area contributed by atoms with Crippen LogP contribution in [-0.2, 0) is 4.79 Å². The molecule has 1 atom stereocenters. The fourth-order valence-electron chi connectivity index (χ4n) is 0.805. The van der Waals surface area contributed by atoms with Gasteiger partial charge in [0.05, 0.1) is 5.69 Å². The first kappa shape index (κ1) is 11.5. The summed E-state index contributed by atoms with van der Waals surface area (Å²) in [6.45, 7) is 1.77. The highest BCUT2D eigenvalue weighted by Crippen LogP contribution is 2.19. The number of aromatic nitrogens is 1. The van der Waals surface area contributed by atoms with Crippen molar-refractivity contribution < 1.29 is 4.79 Å². The fourth-order valence-corrected chi connectivity index (χ4v) is 1.29. The number of amides is 1. The van der Waals surface area contributed by atoms with Crippen molar-refractivity contribution in [3.05, 3.63) is 22.9 Å². The van der Waals surface area contributed by atoms with E-state index in [1.165, 1.54) is 0 Å². The predicted molar refractivity (Wildman–Crippen MR) is 60.5 cm³/mol. The van der Waals surface area contributed by atoms with Crippen molar-refractivity contribution in [2.75, 3.05) is 11.2 Å². The topological polar surface area (TPSA) is 42.0 Å². The number of rotatable bonds is 3. The van der Waals surface area contributed by atoms with Gasteiger partial charge in [-0.15, -0.1) is 11.6 Å². The van der Waals surface area contributed by atoms with E-state index in [-0.39, 0.29) is 11.8 Å². The number of alkyl halides is 1. The molecule has 0 aliphatic carbocycles. The molecule has 0 saturated carbocycles. The number of hydrogen-bond acceptors (Lipinski definition) is 2. The molecule has 1 rings (SSSR count). The van der Waals surface area contributed by atoms with Crippen molar-refractivity contribution in [2.24, 2.45) is 5.92 Å². The summed E-state index contributed by atoms with van der Waals surface area (Å²) in [5.74, 6) is 0.00135. The van der Waals surface area contributed by atoms with Gasteiger partial charge in [-0.05, 0) is 28.1 Å². The number of hydrogen-bond donors (Lipinski definition) is 1. The summed E-state index contributed by atoms with van der Waals surface area (Å²) in [4.78, 5) is 15.4. The molecule has 1 aromatic rings. The molecule has 0 radical (unpaired) electrons. The first-order valence-corrected chi connectivity index (χ1v) is 5.45. The van der Waals surface area contributed by atoms with Crippen LogP contribution >= 0.6 is 27.5 Å². The number of nitrogens with one attached hydrogen (secondary N) is 1. The number of halogens is 2. The molecule has 14 heavy (non-hydrogen) atoms. The van der Waals surface area contributed by atoms with Gasteiger partial charge in [-0.25, -0.2) is 4.98 Å². The molecule has 0 aromatic carbocycles. The number of nitrogens with zero attached hydrogens (tertiary/aromatic N) is 1. The zero-order chi connectivity index (χ0) is 10.6. The Hall–Kier alpha value is -0.610. The lowest BCUT2D eigenvalue weighted by atomic mass is 10.2. The van der Waals surface area contributed by atoms with Crippen LogP contribution in [0, 0.1) is 5.92 Å². The smallest absolute Gasteiger partial charge is 0.228 e. The average molecular weight is 278 g/mol. The van der Waals surface area contributed by atoms with Gasteiger partial charge in [-0.3, -0.25) is 4.79 Å². The van der Waals surface area contributed by atoms with Gasteiger partial charge in [0.2, 0.25) is 5.91 Å². The monoisotopic (exact) mass is 276 g/mol. The maximum Gasteiger partial charge on any atom is 0.228 e. The van der Waals surface area contributed by atoms with E-state index >= 15 is 0 Å². The Balaban J connectivity index is 2.70. The largest absolute Gasteiger partial charge is 0.324 e. The number of anilines is 1. The Morgan fingerprint density at radius 3 is 3.07 bits per heavy atom. The summed E-state index contributed by atoms with van der Waals surface area (Å²) >= 11 is 8.80. The molecule has 0 saturated heterocycles. The molecule has 1 heterocycles. The summed E-state index contributed by atoms with van der Waals surface area (Å²) < 4.78 is 0.620. The minimum Gasteiger partial charge on any atom is -0.324 e. The van der Waals surface area contributed by atoms with Crippen LogP contribution in [0.3, 0.4) is 0 Å². The summed E-state index contributed by atoms with van der Waals surface area (Å²) in [6, 6.07) is 3.53. The summed E-state index contributed by atoms with van der Waals surface area (Å²) in [5.41, 5.74) is 0.662. The fraction of sp³-hybridized carbons (Fsp3) is 0.333. The van der Waals surface area contributed by atoms with Crippen molar-refractivity contribution in [3.63, 3.8) is 0 Å². The zero-order valence-corrected chi connectivity index (χ0v) is 9.97. The molecule has 0 spiro atoms. The minimum absolute atomic E-state index is 0.103. The quantitative estimate of drug-likeness (QED) is 0.682. The van der Waals surface area contributed by atoms with Crippen molar-refractivity contribution in [2.45, 2.75) is 6.92 Å². The van der Waals surface area contributed by atoms with E-state index in [0.29, 0.717) is 16.2 Å². The van der Waals surface area contributed by atoms with Crippen molar-refractivity contribution in [1.82, 2.24) is 4.98 Å². The van der Waals surface area contributed by atoms with Crippen LogP contribution in [0.1, 0.15) is 6.92 Å². The van der Waals surface area contributed by atoms with Crippen LogP contribution in [0.15, 0.2) is 22.9 Å². The Morgan fingerprint density at radius 2 is 2.50 bits per heavy atom. The van der Waals surface area contributed by atoms with Gasteiger partial charge in [0.1, 0.15) is 4.60 Å². The summed E-state index contributed by atoms with van der Waals surface area (Å²) in [5, 5.41) is 2.73. The molecular weight excluding hydrogens is 267 g/mol. The second-order valence-corrected chi connectivity index (χ2v) is 3.95. The van der Waals surface area contributed by atoms with Crippen LogP contribution in [0.5, 0.6) is 0 Å². The van der Waals surface area contributed by atoms with Crippen LogP contribution < -0.4 is 5.32 Å². The third kappa shape index (κ3) is 2.96. The Morgan fingerprint density at radius 1 is 1.79 bits per heavy atom. The molecule has 0 fully saturated rings. The highest BCUT2D eigenvalue weighted by molar-refractivity contribution is 9.10. The average Bonchev–Trinajstić information content (AvgIpc) is 2.20.